The summed E-state index contributed by atoms with van der Waals surface area (Å²) >= 11 is 5.70. The van der Waals surface area contributed by atoms with E-state index >= 15 is 0 Å². The van der Waals surface area contributed by atoms with E-state index < -0.39 is 5.97 Å². The number of pyridine rings is 1. The predicted molar refractivity (Wildman–Crippen MR) is 50.4 cm³/mol. The molecule has 0 spiro atoms. The number of carboxylic acids is 1. The van der Waals surface area contributed by atoms with Crippen LogP contribution in [0.15, 0.2) is 18.3 Å². The Kier molecular flexibility index (Phi) is 3.59. The highest BCUT2D eigenvalue weighted by atomic mass is 35.5. The third-order valence-corrected chi connectivity index (χ3v) is 1.89. The maximum Gasteiger partial charge on any atom is 0.303 e. The van der Waals surface area contributed by atoms with E-state index in [0.717, 1.165) is 0 Å². The largest absolute Gasteiger partial charge is 0.481 e. The topological polar surface area (TPSA) is 67.3 Å². The Morgan fingerprint density at radius 2 is 2.14 bits per heavy atom. The number of nitrogens with zero attached hydrogens (tertiary/aromatic N) is 1. The maximum absolute atomic E-state index is 11.4. The van der Waals surface area contributed by atoms with Crippen molar-refractivity contribution in [1.29, 1.82) is 0 Å². The Morgan fingerprint density at radius 3 is 2.71 bits per heavy atom. The molecule has 5 heteroatoms. The van der Waals surface area contributed by atoms with Gasteiger partial charge < -0.3 is 5.11 Å². The summed E-state index contributed by atoms with van der Waals surface area (Å²) in [6, 6.07) is 3.15. The number of hydrogen-bond acceptors (Lipinski definition) is 3. The minimum Gasteiger partial charge on any atom is -0.481 e. The van der Waals surface area contributed by atoms with Crippen molar-refractivity contribution in [2.24, 2.45) is 0 Å². The molecule has 0 aliphatic carbocycles. The molecule has 1 heterocycles. The molecule has 0 unspecified atom stereocenters. The minimum atomic E-state index is -1.01. The van der Waals surface area contributed by atoms with E-state index in [4.69, 9.17) is 16.7 Å². The van der Waals surface area contributed by atoms with Gasteiger partial charge in [-0.2, -0.15) is 0 Å². The lowest BCUT2D eigenvalue weighted by Crippen LogP contribution is -2.06. The summed E-state index contributed by atoms with van der Waals surface area (Å²) in [6.07, 6.45) is 1.16. The molecule has 1 aromatic heterocycles. The van der Waals surface area contributed by atoms with Gasteiger partial charge in [-0.05, 0) is 12.1 Å². The van der Waals surface area contributed by atoms with Gasteiger partial charge >= 0.3 is 5.97 Å². The lowest BCUT2D eigenvalue weighted by Gasteiger charge is -1.99. The molecular weight excluding hydrogens is 206 g/mol. The van der Waals surface area contributed by atoms with E-state index in [1.165, 1.54) is 6.20 Å². The quantitative estimate of drug-likeness (QED) is 0.775. The molecular formula is C9H8ClNO3. The first kappa shape index (κ1) is 10.7. The number of ketones is 1. The molecule has 0 bridgehead atoms. The van der Waals surface area contributed by atoms with Crippen molar-refractivity contribution in [1.82, 2.24) is 4.98 Å². The van der Waals surface area contributed by atoms with Gasteiger partial charge in [-0.15, -0.1) is 0 Å². The maximum atomic E-state index is 11.4. The number of hydrogen-bond donors (Lipinski definition) is 1. The lowest BCUT2D eigenvalue weighted by molar-refractivity contribution is -0.136. The fraction of sp³-hybridized carbons (Fsp3) is 0.222. The van der Waals surface area contributed by atoms with Gasteiger partial charge in [0.15, 0.2) is 5.78 Å². The van der Waals surface area contributed by atoms with Crippen LogP contribution in [0.4, 0.5) is 0 Å². The number of Topliss-reactive ketones (excluding diaryl/α,β-unsaturated/α-hetero) is 1. The fourth-order valence-corrected chi connectivity index (χ4v) is 1.16. The zero-order chi connectivity index (χ0) is 10.6. The number of carbonyl (C=O) groups excluding carboxylic acids is 1. The average molecular weight is 214 g/mol. The van der Waals surface area contributed by atoms with E-state index in [1.807, 2.05) is 0 Å². The van der Waals surface area contributed by atoms with Crippen molar-refractivity contribution in [3.05, 3.63) is 29.0 Å². The highest BCUT2D eigenvalue weighted by Crippen LogP contribution is 2.14. The summed E-state index contributed by atoms with van der Waals surface area (Å²) in [6.45, 7) is 0. The van der Waals surface area contributed by atoms with E-state index in [9.17, 15) is 9.59 Å². The average Bonchev–Trinajstić information content (AvgIpc) is 2.15. The first-order valence-electron chi connectivity index (χ1n) is 3.97. The predicted octanol–water partition coefficient (Wildman–Crippen LogP) is 1.78. The van der Waals surface area contributed by atoms with Crippen molar-refractivity contribution >= 4 is 23.4 Å². The minimum absolute atomic E-state index is 0.0773. The van der Waals surface area contributed by atoms with Crippen molar-refractivity contribution in [3.63, 3.8) is 0 Å². The Morgan fingerprint density at radius 1 is 1.43 bits per heavy atom. The second-order valence-corrected chi connectivity index (χ2v) is 3.06. The van der Waals surface area contributed by atoms with Crippen molar-refractivity contribution < 1.29 is 14.7 Å². The van der Waals surface area contributed by atoms with Gasteiger partial charge in [0.25, 0.3) is 0 Å². The first-order chi connectivity index (χ1) is 6.61. The second kappa shape index (κ2) is 4.72. The molecule has 0 aliphatic heterocycles. The van der Waals surface area contributed by atoms with Gasteiger partial charge in [0.05, 0.1) is 11.4 Å². The molecule has 0 radical (unpaired) electrons. The Bertz CT molecular complexity index is 365. The van der Waals surface area contributed by atoms with Crippen LogP contribution in [-0.4, -0.2) is 21.8 Å². The normalized spacial score (nSPS) is 9.79. The zero-order valence-electron chi connectivity index (χ0n) is 7.24. The van der Waals surface area contributed by atoms with Gasteiger partial charge in [0, 0.05) is 12.6 Å². The molecule has 0 aromatic carbocycles. The van der Waals surface area contributed by atoms with Crippen LogP contribution < -0.4 is 0 Å². The van der Waals surface area contributed by atoms with Crippen molar-refractivity contribution in [2.45, 2.75) is 12.8 Å². The van der Waals surface area contributed by atoms with Gasteiger partial charge in [0.1, 0.15) is 5.69 Å². The van der Waals surface area contributed by atoms with E-state index in [1.54, 1.807) is 12.1 Å². The molecule has 0 amide bonds. The fourth-order valence-electron chi connectivity index (χ4n) is 0.930. The molecule has 1 N–H and O–H groups in total. The summed E-state index contributed by atoms with van der Waals surface area (Å²) < 4.78 is 0. The zero-order valence-corrected chi connectivity index (χ0v) is 7.99. The Balaban J connectivity index is 2.70. The molecule has 0 aliphatic rings. The van der Waals surface area contributed by atoms with Crippen LogP contribution in [0.1, 0.15) is 23.3 Å². The number of carboxylic acid groups (broad SMARTS) is 1. The number of rotatable bonds is 4. The lowest BCUT2D eigenvalue weighted by atomic mass is 10.1. The highest BCUT2D eigenvalue weighted by molar-refractivity contribution is 6.33. The number of aliphatic carboxylic acids is 1. The van der Waals surface area contributed by atoms with Gasteiger partial charge in [-0.25, -0.2) is 0 Å². The molecule has 0 fully saturated rings. The third kappa shape index (κ3) is 2.81. The molecule has 1 rings (SSSR count). The van der Waals surface area contributed by atoms with Crippen LogP contribution in [0.5, 0.6) is 0 Å². The number of aromatic nitrogens is 1. The summed E-state index contributed by atoms with van der Waals surface area (Å²) in [4.78, 5) is 25.4. The molecule has 4 nitrogen and oxygen atoms in total. The van der Waals surface area contributed by atoms with Crippen molar-refractivity contribution in [3.8, 4) is 0 Å². The summed E-state index contributed by atoms with van der Waals surface area (Å²) in [5.74, 6) is -1.36. The van der Waals surface area contributed by atoms with Crippen molar-refractivity contribution in [2.75, 3.05) is 0 Å². The summed E-state index contributed by atoms with van der Waals surface area (Å²) in [5.41, 5.74) is 0.135. The van der Waals surface area contributed by atoms with Gasteiger partial charge in [0.2, 0.25) is 0 Å². The Hall–Kier alpha value is -1.42. The van der Waals surface area contributed by atoms with Crippen LogP contribution in [0.25, 0.3) is 0 Å². The van der Waals surface area contributed by atoms with Gasteiger partial charge in [-0.3, -0.25) is 14.6 Å². The van der Waals surface area contributed by atoms with Crippen LogP contribution in [0, 0.1) is 0 Å². The molecule has 74 valence electrons. The SMILES string of the molecule is O=C(O)CCC(=O)c1ncccc1Cl. The Labute approximate surface area is 85.5 Å². The number of halogens is 1. The molecule has 0 atom stereocenters. The van der Waals surface area contributed by atoms with Gasteiger partial charge in [-0.1, -0.05) is 11.6 Å². The highest BCUT2D eigenvalue weighted by Gasteiger charge is 2.12. The van der Waals surface area contributed by atoms with E-state index in [-0.39, 0.29) is 29.3 Å². The standard InChI is InChI=1S/C9H8ClNO3/c10-6-2-1-5-11-9(6)7(12)3-4-8(13)14/h1-2,5H,3-4H2,(H,13,14). The monoisotopic (exact) mass is 213 g/mol. The smallest absolute Gasteiger partial charge is 0.303 e. The second-order valence-electron chi connectivity index (χ2n) is 2.65. The third-order valence-electron chi connectivity index (χ3n) is 1.59. The molecule has 14 heavy (non-hydrogen) atoms. The molecule has 0 saturated heterocycles. The first-order valence-corrected chi connectivity index (χ1v) is 4.34. The van der Waals surface area contributed by atoms with Crippen LogP contribution in [0.3, 0.4) is 0 Å². The molecule has 1 aromatic rings. The van der Waals surface area contributed by atoms with E-state index in [0.29, 0.717) is 0 Å². The van der Waals surface area contributed by atoms with E-state index in [2.05, 4.69) is 4.98 Å². The molecule has 0 saturated carbocycles. The van der Waals surface area contributed by atoms with Crippen LogP contribution in [0.2, 0.25) is 5.02 Å². The number of carbonyl (C=O) groups is 2. The summed E-state index contributed by atoms with van der Waals surface area (Å²) in [7, 11) is 0. The van der Waals surface area contributed by atoms with Crippen LogP contribution in [-0.2, 0) is 4.79 Å². The summed E-state index contributed by atoms with van der Waals surface area (Å²) in [5, 5.41) is 8.63. The van der Waals surface area contributed by atoms with Crippen LogP contribution >= 0.6 is 11.6 Å².